The van der Waals surface area contributed by atoms with Gasteiger partial charge in [-0.25, -0.2) is 24.1 Å². The molecule has 11 heterocycles. The standard InChI is InChI=1S/2C25H23F2N3O3.C24H29BN2O4.C7H6ClF2NO.C7H7F2NO2.Cl2OS/c2*26-25(27)33-22-13-15(7-10-28-22)12-16-14-19-18(23-17(16)4-3-9-29-23)8-11-30(24(19)32)20-5-1-2-6-21(20)31;1-23(2)24(3,4)31-25(30-23)18-14-17-15(21-16(18)8-7-12-26-21)11-13-27(22(17)29)19-9-5-6-10-20(19)28;8-4-5-1-2-11-6(3-5)12-7(9)10;8-7(9)12-6-3-5(4-11)1-2-10-6;1-4(2)3/h2*3-4,7-11,13-14,20-21,25,31H,1-2,5-6,12H2;7-8,11-14,19-20,28H,5-6,9-10H2,1-4H3;1-3,7H,4H2;1-3,7,11H,4H2;/t2*20-,21-;19-,20-;;;/m000.../s1. The van der Waals surface area contributed by atoms with Gasteiger partial charge in [0, 0.05) is 162 Å². The minimum Gasteiger partial charge on any atom is -0.417 e. The van der Waals surface area contributed by atoms with Gasteiger partial charge < -0.3 is 62.4 Å². The highest BCUT2D eigenvalue weighted by Gasteiger charge is 2.52. The molecule has 13 aromatic rings. The van der Waals surface area contributed by atoms with E-state index in [-0.39, 0.29) is 70.8 Å². The lowest BCUT2D eigenvalue weighted by Crippen LogP contribution is -2.41. The van der Waals surface area contributed by atoms with Gasteiger partial charge in [-0.15, -0.1) is 11.6 Å². The van der Waals surface area contributed by atoms with Gasteiger partial charge in [-0.3, -0.25) is 29.3 Å². The number of ether oxygens (including phenoxy) is 4. The predicted octanol–water partition coefficient (Wildman–Crippen LogP) is 17.2. The van der Waals surface area contributed by atoms with Gasteiger partial charge in [0.05, 0.1) is 70.8 Å². The summed E-state index contributed by atoms with van der Waals surface area (Å²) in [6.45, 7) is -3.77. The molecule has 37 heteroatoms. The maximum Gasteiger partial charge on any atom is 0.495 e. The molecule has 4 N–H and O–H groups in total. The SMILES string of the molecule is CC1(C)OB(c2cc3c(=O)n([C@H]4CCCC[C@@H]4O)ccc3c3ncccc23)OC1(C)C.FC(F)Oc1cc(CCl)ccn1.O=S(Cl)Cl.O=c1c2cc(Cc3ccnc(OC(F)F)c3)c3cccnc3c2ccn1[C@H]1CCCC[C@@H]1O.O=c1c2cc(Cc3ccnc(OC(F)F)c3)c3cccnc3c2ccn1[C@H]1CCCC[C@@H]1O.OCc1ccnc(OC(F)F)c1. The quantitative estimate of drug-likeness (QED) is 0.0204. The molecule has 4 aliphatic rings. The summed E-state index contributed by atoms with van der Waals surface area (Å²) in [6, 6.07) is 34.2. The summed E-state index contributed by atoms with van der Waals surface area (Å²) in [6.07, 6.45) is 25.5. The van der Waals surface area contributed by atoms with Gasteiger partial charge in [-0.05, 0) is 197 Å². The van der Waals surface area contributed by atoms with Crippen LogP contribution in [-0.2, 0) is 43.9 Å². The van der Waals surface area contributed by atoms with Crippen LogP contribution in [0.25, 0.3) is 65.0 Å². The third kappa shape index (κ3) is 23.5. The van der Waals surface area contributed by atoms with Gasteiger partial charge in [-0.1, -0.05) is 56.7 Å². The minimum atomic E-state index is -2.95. The van der Waals surface area contributed by atoms with Gasteiger partial charge in [0.25, 0.3) is 16.7 Å². The number of fused-ring (bicyclic) bond motifs is 9. The zero-order valence-electron chi connectivity index (χ0n) is 67.9. The van der Waals surface area contributed by atoms with Crippen molar-refractivity contribution in [3.63, 3.8) is 0 Å². The Hall–Kier alpha value is -10.4. The molecule has 0 unspecified atom stereocenters. The summed E-state index contributed by atoms with van der Waals surface area (Å²) in [5.41, 5.74) is 5.92. The summed E-state index contributed by atoms with van der Waals surface area (Å²) in [5, 5.41) is 46.7. The van der Waals surface area contributed by atoms with Crippen LogP contribution in [-0.4, -0.2) is 136 Å². The van der Waals surface area contributed by atoms with Crippen molar-refractivity contribution in [2.75, 3.05) is 0 Å². The Morgan fingerprint density at radius 3 is 1.06 bits per heavy atom. The molecule has 24 nitrogen and oxygen atoms in total. The Labute approximate surface area is 727 Å². The molecular weight excluding hydrogens is 1720 g/mol. The number of hydrogen-bond acceptors (Lipinski definition) is 21. The van der Waals surface area contributed by atoms with Gasteiger partial charge in [0.1, 0.15) is 0 Å². The van der Waals surface area contributed by atoms with Crippen LogP contribution < -0.4 is 41.1 Å². The van der Waals surface area contributed by atoms with E-state index in [2.05, 4.69) is 75.2 Å². The van der Waals surface area contributed by atoms with Gasteiger partial charge in [0.2, 0.25) is 32.7 Å². The third-order valence-corrected chi connectivity index (χ3v) is 22.7. The molecule has 3 aliphatic carbocycles. The number of benzene rings is 3. The molecule has 0 amide bonds. The molecule has 4 fully saturated rings. The Morgan fingerprint density at radius 1 is 0.424 bits per heavy atom. The maximum atomic E-state index is 13.6. The second-order valence-corrected chi connectivity index (χ2v) is 33.7. The highest BCUT2D eigenvalue weighted by Crippen LogP contribution is 2.40. The average Bonchev–Trinajstić information content (AvgIpc) is 1.72. The summed E-state index contributed by atoms with van der Waals surface area (Å²) in [5.74, 6) is -0.347. The van der Waals surface area contributed by atoms with Crippen molar-refractivity contribution < 1.29 is 88.0 Å². The number of alkyl halides is 9. The summed E-state index contributed by atoms with van der Waals surface area (Å²) >= 11 is 5.46. The molecular formula is C88H88BCl3F8N10O14S. The Morgan fingerprint density at radius 2 is 0.728 bits per heavy atom. The molecule has 0 spiro atoms. The fourth-order valence-electron chi connectivity index (χ4n) is 15.8. The highest BCUT2D eigenvalue weighted by molar-refractivity contribution is 8.26. The smallest absolute Gasteiger partial charge is 0.417 e. The van der Waals surface area contributed by atoms with Crippen LogP contribution in [0.4, 0.5) is 35.1 Å². The van der Waals surface area contributed by atoms with Crippen LogP contribution in [0.3, 0.4) is 0 Å². The van der Waals surface area contributed by atoms with E-state index in [1.807, 2.05) is 107 Å². The number of nitrogens with zero attached hydrogens (tertiary/aromatic N) is 10. The highest BCUT2D eigenvalue weighted by atomic mass is 36.0. The summed E-state index contributed by atoms with van der Waals surface area (Å²) in [4.78, 5) is 69.0. The van der Waals surface area contributed by atoms with E-state index in [9.17, 15) is 64.8 Å². The molecule has 6 atom stereocenters. The second-order valence-electron chi connectivity index (χ2n) is 30.9. The van der Waals surface area contributed by atoms with Crippen LogP contribution in [0.15, 0.2) is 198 Å². The second kappa shape index (κ2) is 42.7. The lowest BCUT2D eigenvalue weighted by Gasteiger charge is -2.32. The van der Waals surface area contributed by atoms with Gasteiger partial charge in [-0.2, -0.15) is 35.1 Å². The Bertz CT molecular complexity index is 5850. The Kier molecular flexibility index (Phi) is 32.0. The average molecular weight is 1810 g/mol. The number of aliphatic hydroxyl groups excluding tert-OH is 4. The normalized spacial score (nSPS) is 18.5. The molecule has 1 saturated heterocycles. The van der Waals surface area contributed by atoms with E-state index in [4.69, 9.17) is 30.2 Å². The number of rotatable bonds is 18. The summed E-state index contributed by atoms with van der Waals surface area (Å²) in [7, 11) is 6.77. The van der Waals surface area contributed by atoms with Crippen LogP contribution in [0.5, 0.6) is 23.5 Å². The molecule has 3 saturated carbocycles. The number of pyridine rings is 10. The largest absolute Gasteiger partial charge is 0.495 e. The lowest BCUT2D eigenvalue weighted by atomic mass is 9.75. The molecule has 660 valence electrons. The maximum absolute atomic E-state index is 13.6. The number of aromatic nitrogens is 10. The lowest BCUT2D eigenvalue weighted by molar-refractivity contribution is -0.0536. The van der Waals surface area contributed by atoms with Crippen LogP contribution in [0.2, 0.25) is 0 Å². The zero-order valence-corrected chi connectivity index (χ0v) is 71.0. The van der Waals surface area contributed by atoms with Crippen molar-refractivity contribution in [2.24, 2.45) is 0 Å². The number of halogens is 11. The van der Waals surface area contributed by atoms with Crippen molar-refractivity contribution in [1.29, 1.82) is 0 Å². The van der Waals surface area contributed by atoms with Crippen LogP contribution in [0, 0.1) is 0 Å². The van der Waals surface area contributed by atoms with Gasteiger partial charge in [0.15, 0.2) is 0 Å². The van der Waals surface area contributed by atoms with Crippen LogP contribution >= 0.6 is 33.0 Å². The van der Waals surface area contributed by atoms with Gasteiger partial charge >= 0.3 is 33.6 Å². The van der Waals surface area contributed by atoms with E-state index in [0.29, 0.717) is 64.0 Å². The molecule has 0 bridgehead atoms. The first-order valence-electron chi connectivity index (χ1n) is 40.0. The van der Waals surface area contributed by atoms with Crippen molar-refractivity contribution >= 4 is 120 Å². The fraction of sp³-hybridized carbons (Fsp3) is 0.364. The van der Waals surface area contributed by atoms with E-state index in [1.54, 1.807) is 62.9 Å². The van der Waals surface area contributed by atoms with Crippen molar-refractivity contribution in [3.8, 4) is 23.5 Å². The fourth-order valence-corrected chi connectivity index (χ4v) is 16.0. The monoisotopic (exact) mass is 1810 g/mol. The zero-order chi connectivity index (χ0) is 89.4. The molecule has 17 rings (SSSR count). The first kappa shape index (κ1) is 93.8. The molecule has 125 heavy (non-hydrogen) atoms. The van der Waals surface area contributed by atoms with E-state index in [1.165, 1.54) is 55.1 Å². The first-order valence-corrected chi connectivity index (χ1v) is 43.4. The molecule has 0 radical (unpaired) electrons. The number of aliphatic hydroxyl groups is 4. The van der Waals surface area contributed by atoms with Crippen LogP contribution in [0.1, 0.15) is 156 Å². The minimum absolute atomic E-state index is 0.103. The third-order valence-electron chi connectivity index (χ3n) is 22.4. The van der Waals surface area contributed by atoms with E-state index < -0.39 is 72.3 Å². The molecule has 3 aromatic carbocycles. The topological polar surface area (TPSA) is 310 Å². The number of hydrogen-bond donors (Lipinski definition) is 4. The van der Waals surface area contributed by atoms with Crippen molar-refractivity contribution in [1.82, 2.24) is 48.6 Å². The van der Waals surface area contributed by atoms with Crippen molar-refractivity contribution in [3.05, 3.63) is 248 Å². The summed E-state index contributed by atoms with van der Waals surface area (Å²) < 4.78 is 141. The van der Waals surface area contributed by atoms with Crippen molar-refractivity contribution in [2.45, 2.75) is 204 Å². The first-order chi connectivity index (χ1) is 59.9. The van der Waals surface area contributed by atoms with E-state index >= 15 is 0 Å². The predicted molar refractivity (Wildman–Crippen MR) is 461 cm³/mol. The van der Waals surface area contributed by atoms with E-state index in [0.717, 1.165) is 130 Å². The molecule has 10 aromatic heterocycles. The Balaban J connectivity index is 0.000000148. The molecule has 1 aliphatic heterocycles.